The van der Waals surface area contributed by atoms with Gasteiger partial charge in [0.05, 0.1) is 0 Å². The molecule has 204 valence electrons. The lowest BCUT2D eigenvalue weighted by Gasteiger charge is -2.34. The number of carbonyl (C=O) groups excluding carboxylic acids is 3. The van der Waals surface area contributed by atoms with Crippen LogP contribution in [0.2, 0.25) is 0 Å². The van der Waals surface area contributed by atoms with Crippen molar-refractivity contribution in [2.45, 2.75) is 71.6 Å². The van der Waals surface area contributed by atoms with Crippen LogP contribution in [0.1, 0.15) is 70.2 Å². The first-order valence-corrected chi connectivity index (χ1v) is 12.9. The number of rotatable bonds is 11. The van der Waals surface area contributed by atoms with E-state index < -0.39 is 29.7 Å². The first kappa shape index (κ1) is 30.2. The van der Waals surface area contributed by atoms with Crippen molar-refractivity contribution in [3.63, 3.8) is 0 Å². The molecule has 3 N–H and O–H groups in total. The van der Waals surface area contributed by atoms with Gasteiger partial charge >= 0.3 is 6.09 Å². The summed E-state index contributed by atoms with van der Waals surface area (Å²) in [6.07, 6.45) is 6.81. The van der Waals surface area contributed by atoms with E-state index in [1.54, 1.807) is 64.1 Å². The Labute approximate surface area is 225 Å². The topological polar surface area (TPSA) is 108 Å². The van der Waals surface area contributed by atoms with Gasteiger partial charge in [0.25, 0.3) is 0 Å². The molecule has 2 rings (SSSR count). The van der Waals surface area contributed by atoms with Crippen LogP contribution in [0.5, 0.6) is 5.75 Å². The molecule has 0 aromatic heterocycles. The summed E-state index contributed by atoms with van der Waals surface area (Å²) in [6.45, 7) is 9.64. The standard InChI is InChI=1S/C30H39N3O5/c1-7-10-19-31-27(35)26(24-14-12-11-13-22(24)8-2)33(9-3)28(36)25(32-29(37)38-30(4,5)6)20-21-15-17-23(34)18-16-21/h2,11-18,25-26,34H,7,9-10,19-20H2,1,3-6H3,(H,31,35)(H,32,37). The molecule has 0 spiro atoms. The van der Waals surface area contributed by atoms with Gasteiger partial charge in [0.15, 0.2) is 0 Å². The molecule has 0 aliphatic rings. The molecular weight excluding hydrogens is 482 g/mol. The Morgan fingerprint density at radius 3 is 2.32 bits per heavy atom. The number of carbonyl (C=O) groups is 3. The molecule has 0 fully saturated rings. The fourth-order valence-electron chi connectivity index (χ4n) is 3.99. The van der Waals surface area contributed by atoms with Gasteiger partial charge in [-0.3, -0.25) is 9.59 Å². The molecule has 0 bridgehead atoms. The van der Waals surface area contributed by atoms with E-state index in [9.17, 15) is 19.5 Å². The number of hydrogen-bond acceptors (Lipinski definition) is 5. The van der Waals surface area contributed by atoms with E-state index in [0.717, 1.165) is 12.8 Å². The normalized spacial score (nSPS) is 12.5. The first-order valence-electron chi connectivity index (χ1n) is 12.9. The molecule has 2 aromatic rings. The van der Waals surface area contributed by atoms with E-state index >= 15 is 0 Å². The maximum absolute atomic E-state index is 14.1. The second-order valence-corrected chi connectivity index (χ2v) is 9.97. The summed E-state index contributed by atoms with van der Waals surface area (Å²) < 4.78 is 5.42. The Morgan fingerprint density at radius 1 is 1.08 bits per heavy atom. The van der Waals surface area contributed by atoms with E-state index in [-0.39, 0.29) is 24.6 Å². The molecule has 2 aromatic carbocycles. The van der Waals surface area contributed by atoms with Crippen LogP contribution in [0.25, 0.3) is 0 Å². The quantitative estimate of drug-likeness (QED) is 0.302. The number of alkyl carbamates (subject to hydrolysis) is 1. The van der Waals surface area contributed by atoms with E-state index in [0.29, 0.717) is 23.2 Å². The van der Waals surface area contributed by atoms with Crippen LogP contribution in [-0.2, 0) is 20.7 Å². The lowest BCUT2D eigenvalue weighted by atomic mass is 9.96. The predicted molar refractivity (Wildman–Crippen MR) is 147 cm³/mol. The van der Waals surface area contributed by atoms with Crippen molar-refractivity contribution in [3.8, 4) is 18.1 Å². The third-order valence-corrected chi connectivity index (χ3v) is 5.79. The van der Waals surface area contributed by atoms with Crippen molar-refractivity contribution in [3.05, 3.63) is 65.2 Å². The summed E-state index contributed by atoms with van der Waals surface area (Å²) in [5, 5.41) is 15.3. The lowest BCUT2D eigenvalue weighted by molar-refractivity contribution is -0.142. The van der Waals surface area contributed by atoms with Crippen molar-refractivity contribution in [1.82, 2.24) is 15.5 Å². The molecule has 8 nitrogen and oxygen atoms in total. The Balaban J connectivity index is 2.50. The highest BCUT2D eigenvalue weighted by Crippen LogP contribution is 2.26. The SMILES string of the molecule is C#Cc1ccccc1C(C(=O)NCCCC)N(CC)C(=O)C(Cc1ccc(O)cc1)NC(=O)OC(C)(C)C. The zero-order valence-electron chi connectivity index (χ0n) is 22.9. The van der Waals surface area contributed by atoms with E-state index in [1.165, 1.54) is 17.0 Å². The van der Waals surface area contributed by atoms with Crippen LogP contribution in [0.4, 0.5) is 4.79 Å². The molecule has 2 unspecified atom stereocenters. The summed E-state index contributed by atoms with van der Waals surface area (Å²) in [5.74, 6) is 1.89. The molecule has 0 heterocycles. The van der Waals surface area contributed by atoms with Crippen molar-refractivity contribution in [1.29, 1.82) is 0 Å². The van der Waals surface area contributed by atoms with Gasteiger partial charge in [-0.15, -0.1) is 6.42 Å². The number of aromatic hydroxyl groups is 1. The molecule has 0 aliphatic heterocycles. The van der Waals surface area contributed by atoms with Crippen LogP contribution in [0.15, 0.2) is 48.5 Å². The molecule has 8 heteroatoms. The molecule has 0 saturated heterocycles. The number of phenolic OH excluding ortho intramolecular Hbond substituents is 1. The third-order valence-electron chi connectivity index (χ3n) is 5.79. The smallest absolute Gasteiger partial charge is 0.408 e. The number of unbranched alkanes of at least 4 members (excludes halogenated alkanes) is 1. The van der Waals surface area contributed by atoms with Gasteiger partial charge in [-0.2, -0.15) is 0 Å². The largest absolute Gasteiger partial charge is 0.508 e. The fraction of sp³-hybridized carbons (Fsp3) is 0.433. The summed E-state index contributed by atoms with van der Waals surface area (Å²) in [7, 11) is 0. The first-order chi connectivity index (χ1) is 18.0. The van der Waals surface area contributed by atoms with Crippen molar-refractivity contribution >= 4 is 17.9 Å². The van der Waals surface area contributed by atoms with E-state index in [1.807, 2.05) is 6.92 Å². The minimum Gasteiger partial charge on any atom is -0.508 e. The Kier molecular flexibility index (Phi) is 11.2. The number of phenols is 1. The van der Waals surface area contributed by atoms with Gasteiger partial charge in [0.1, 0.15) is 23.4 Å². The molecule has 3 amide bonds. The highest BCUT2D eigenvalue weighted by molar-refractivity contribution is 5.92. The minimum atomic E-state index is -1.04. The summed E-state index contributed by atoms with van der Waals surface area (Å²) in [6, 6.07) is 11.3. The monoisotopic (exact) mass is 521 g/mol. The highest BCUT2D eigenvalue weighted by atomic mass is 16.6. The van der Waals surface area contributed by atoms with Gasteiger partial charge in [0.2, 0.25) is 11.8 Å². The summed E-state index contributed by atoms with van der Waals surface area (Å²) in [5.41, 5.74) is 0.972. The Hall–Kier alpha value is -3.99. The van der Waals surface area contributed by atoms with Crippen molar-refractivity contribution in [2.24, 2.45) is 0 Å². The zero-order chi connectivity index (χ0) is 28.3. The predicted octanol–water partition coefficient (Wildman–Crippen LogP) is 4.32. The molecule has 38 heavy (non-hydrogen) atoms. The van der Waals surface area contributed by atoms with E-state index in [2.05, 4.69) is 16.6 Å². The number of hydrogen-bond donors (Lipinski definition) is 3. The summed E-state index contributed by atoms with van der Waals surface area (Å²) in [4.78, 5) is 41.7. The maximum Gasteiger partial charge on any atom is 0.408 e. The van der Waals surface area contributed by atoms with E-state index in [4.69, 9.17) is 11.2 Å². The lowest BCUT2D eigenvalue weighted by Crippen LogP contribution is -2.54. The minimum absolute atomic E-state index is 0.0848. The Bertz CT molecular complexity index is 1130. The average Bonchev–Trinajstić information content (AvgIpc) is 2.86. The number of amides is 3. The van der Waals surface area contributed by atoms with Gasteiger partial charge < -0.3 is 25.4 Å². The number of terminal acetylenes is 1. The highest BCUT2D eigenvalue weighted by Gasteiger charge is 2.36. The number of ether oxygens (including phenoxy) is 1. The van der Waals surface area contributed by atoms with Crippen LogP contribution in [-0.4, -0.2) is 52.6 Å². The molecule has 0 aliphatic carbocycles. The maximum atomic E-state index is 14.1. The van der Waals surface area contributed by atoms with Crippen LogP contribution in [0, 0.1) is 12.3 Å². The number of likely N-dealkylation sites (N-methyl/N-ethyl adjacent to an activating group) is 1. The van der Waals surface area contributed by atoms with Crippen LogP contribution in [0.3, 0.4) is 0 Å². The third kappa shape index (κ3) is 8.84. The molecule has 0 saturated carbocycles. The number of nitrogens with one attached hydrogen (secondary N) is 2. The van der Waals surface area contributed by atoms with Gasteiger partial charge in [-0.25, -0.2) is 4.79 Å². The van der Waals surface area contributed by atoms with Crippen LogP contribution < -0.4 is 10.6 Å². The van der Waals surface area contributed by atoms with Gasteiger partial charge in [0, 0.05) is 25.1 Å². The summed E-state index contributed by atoms with van der Waals surface area (Å²) >= 11 is 0. The Morgan fingerprint density at radius 2 is 1.74 bits per heavy atom. The van der Waals surface area contributed by atoms with Gasteiger partial charge in [-0.05, 0) is 63.4 Å². The fourth-order valence-corrected chi connectivity index (χ4v) is 3.99. The second kappa shape index (κ2) is 14.1. The number of nitrogens with zero attached hydrogens (tertiary/aromatic N) is 1. The molecule has 0 radical (unpaired) electrons. The zero-order valence-corrected chi connectivity index (χ0v) is 22.9. The molecular formula is C30H39N3O5. The molecule has 2 atom stereocenters. The number of benzene rings is 2. The van der Waals surface area contributed by atoms with Gasteiger partial charge in [-0.1, -0.05) is 49.6 Å². The average molecular weight is 522 g/mol. The van der Waals surface area contributed by atoms with Crippen LogP contribution >= 0.6 is 0 Å². The van der Waals surface area contributed by atoms with Crippen molar-refractivity contribution < 1.29 is 24.2 Å². The second-order valence-electron chi connectivity index (χ2n) is 9.97. The van der Waals surface area contributed by atoms with Crippen molar-refractivity contribution in [2.75, 3.05) is 13.1 Å².